The van der Waals surface area contributed by atoms with Gasteiger partial charge in [0.25, 0.3) is 11.5 Å². The number of aromatic nitrogens is 2. The minimum absolute atomic E-state index is 0.254. The first-order valence-corrected chi connectivity index (χ1v) is 8.60. The van der Waals surface area contributed by atoms with Gasteiger partial charge in [0, 0.05) is 17.8 Å². The number of fused-ring (bicyclic) bond motifs is 1. The zero-order valence-corrected chi connectivity index (χ0v) is 15.2. The Labute approximate surface area is 160 Å². The van der Waals surface area contributed by atoms with Gasteiger partial charge in [-0.15, -0.1) is 0 Å². The number of benzene rings is 1. The van der Waals surface area contributed by atoms with Crippen LogP contribution in [0.3, 0.4) is 0 Å². The number of rotatable bonds is 6. The number of ether oxygens (including phenoxy) is 1. The van der Waals surface area contributed by atoms with Gasteiger partial charge < -0.3 is 15.2 Å². The van der Waals surface area contributed by atoms with Crippen LogP contribution in [0.2, 0.25) is 0 Å². The summed E-state index contributed by atoms with van der Waals surface area (Å²) in [6, 6.07) is 11.9. The third kappa shape index (κ3) is 4.41. The van der Waals surface area contributed by atoms with E-state index in [0.717, 1.165) is 5.56 Å². The van der Waals surface area contributed by atoms with Crippen molar-refractivity contribution >= 4 is 17.5 Å². The minimum atomic E-state index is -1.23. The molecule has 0 radical (unpaired) electrons. The van der Waals surface area contributed by atoms with Crippen molar-refractivity contribution in [1.29, 1.82) is 0 Å². The topological polar surface area (TPSA) is 110 Å². The maximum absolute atomic E-state index is 12.2. The fraction of sp³-hybridized carbons (Fsp3) is 0.200. The van der Waals surface area contributed by atoms with E-state index in [1.54, 1.807) is 42.6 Å². The minimum Gasteiger partial charge on any atom is -0.458 e. The number of pyridine rings is 1. The predicted molar refractivity (Wildman–Crippen MR) is 101 cm³/mol. The van der Waals surface area contributed by atoms with Crippen LogP contribution in [0.4, 0.5) is 0 Å². The smallest absolute Gasteiger partial charge is 0.331 e. The lowest BCUT2D eigenvalue weighted by Crippen LogP contribution is -2.44. The summed E-state index contributed by atoms with van der Waals surface area (Å²) in [6.07, 6.45) is 1.67. The Morgan fingerprint density at radius 1 is 1.21 bits per heavy atom. The van der Waals surface area contributed by atoms with E-state index < -0.39 is 24.5 Å². The number of hydrogen-bond donors (Lipinski definition) is 2. The van der Waals surface area contributed by atoms with E-state index in [2.05, 4.69) is 10.3 Å². The molecular weight excluding hydrogens is 362 g/mol. The van der Waals surface area contributed by atoms with Gasteiger partial charge in [-0.2, -0.15) is 0 Å². The van der Waals surface area contributed by atoms with Gasteiger partial charge in [0.05, 0.1) is 12.3 Å². The third-order valence-corrected chi connectivity index (χ3v) is 4.03. The van der Waals surface area contributed by atoms with Crippen molar-refractivity contribution in [2.45, 2.75) is 19.6 Å². The lowest BCUT2D eigenvalue weighted by Gasteiger charge is -2.15. The van der Waals surface area contributed by atoms with Crippen LogP contribution in [0.5, 0.6) is 0 Å². The number of aliphatic hydroxyl groups excluding tert-OH is 1. The molecule has 1 aromatic carbocycles. The number of aryl methyl sites for hydroxylation is 1. The second-order valence-corrected chi connectivity index (χ2v) is 6.20. The average Bonchev–Trinajstić information content (AvgIpc) is 2.71. The first kappa shape index (κ1) is 19.2. The van der Waals surface area contributed by atoms with E-state index in [1.807, 2.05) is 13.0 Å². The number of carbonyl (C=O) groups is 2. The molecule has 0 saturated heterocycles. The Balaban J connectivity index is 1.67. The summed E-state index contributed by atoms with van der Waals surface area (Å²) >= 11 is 0. The summed E-state index contributed by atoms with van der Waals surface area (Å²) in [5.74, 6) is -1.33. The monoisotopic (exact) mass is 381 g/mol. The number of esters is 1. The van der Waals surface area contributed by atoms with E-state index in [1.165, 1.54) is 10.5 Å². The van der Waals surface area contributed by atoms with E-state index in [0.29, 0.717) is 11.2 Å². The van der Waals surface area contributed by atoms with Gasteiger partial charge in [-0.1, -0.05) is 24.3 Å². The van der Waals surface area contributed by atoms with E-state index in [9.17, 15) is 19.5 Å². The number of amides is 1. The molecule has 0 aliphatic carbocycles. The zero-order valence-electron chi connectivity index (χ0n) is 15.2. The van der Waals surface area contributed by atoms with Gasteiger partial charge in [0.15, 0.2) is 6.04 Å². The molecule has 0 bridgehead atoms. The molecule has 8 heteroatoms. The zero-order chi connectivity index (χ0) is 20.1. The third-order valence-electron chi connectivity index (χ3n) is 4.03. The summed E-state index contributed by atoms with van der Waals surface area (Å²) in [5.41, 5.74) is 1.67. The van der Waals surface area contributed by atoms with Crippen LogP contribution in [0, 0.1) is 6.92 Å². The summed E-state index contributed by atoms with van der Waals surface area (Å²) in [7, 11) is 0. The second-order valence-electron chi connectivity index (χ2n) is 6.20. The van der Waals surface area contributed by atoms with Gasteiger partial charge in [-0.25, -0.2) is 9.78 Å². The van der Waals surface area contributed by atoms with Gasteiger partial charge >= 0.3 is 5.97 Å². The van der Waals surface area contributed by atoms with Gasteiger partial charge in [-0.05, 0) is 30.7 Å². The van der Waals surface area contributed by atoms with Crippen LogP contribution in [0.15, 0.2) is 59.5 Å². The van der Waals surface area contributed by atoms with E-state index in [4.69, 9.17) is 4.74 Å². The van der Waals surface area contributed by atoms with Crippen LogP contribution in [-0.4, -0.2) is 39.0 Å². The summed E-state index contributed by atoms with van der Waals surface area (Å²) in [6.45, 7) is 0.987. The standard InChI is InChI=1S/C20H19N3O5/c1-13-7-8-17-21-15(9-18(25)23(17)10-13)12-28-20(27)16(11-24)22-19(26)14-5-3-2-4-6-14/h2-10,16,24H,11-12H2,1H3,(H,22,26). The largest absolute Gasteiger partial charge is 0.458 e. The SMILES string of the molecule is Cc1ccc2nc(COC(=O)C(CO)NC(=O)c3ccccc3)cc(=O)n2c1. The Morgan fingerprint density at radius 2 is 1.96 bits per heavy atom. The summed E-state index contributed by atoms with van der Waals surface area (Å²) in [5, 5.41) is 11.8. The molecule has 3 rings (SSSR count). The Bertz CT molecular complexity index is 1060. The Morgan fingerprint density at radius 3 is 2.68 bits per heavy atom. The fourth-order valence-corrected chi connectivity index (χ4v) is 2.59. The molecule has 0 aliphatic rings. The summed E-state index contributed by atoms with van der Waals surface area (Å²) < 4.78 is 6.52. The first-order chi connectivity index (χ1) is 13.5. The normalized spacial score (nSPS) is 11.8. The van der Waals surface area contributed by atoms with Crippen molar-refractivity contribution < 1.29 is 19.4 Å². The van der Waals surface area contributed by atoms with Crippen molar-refractivity contribution in [3.8, 4) is 0 Å². The van der Waals surface area contributed by atoms with Crippen molar-refractivity contribution in [1.82, 2.24) is 14.7 Å². The highest BCUT2D eigenvalue weighted by molar-refractivity contribution is 5.96. The Hall–Kier alpha value is -3.52. The molecule has 1 unspecified atom stereocenters. The highest BCUT2D eigenvalue weighted by atomic mass is 16.5. The van der Waals surface area contributed by atoms with E-state index >= 15 is 0 Å². The number of aliphatic hydroxyl groups is 1. The molecule has 0 saturated carbocycles. The second kappa shape index (κ2) is 8.45. The molecule has 0 spiro atoms. The number of nitrogens with one attached hydrogen (secondary N) is 1. The molecule has 0 aliphatic heterocycles. The average molecular weight is 381 g/mol. The van der Waals surface area contributed by atoms with Gasteiger partial charge in [0.2, 0.25) is 0 Å². The van der Waals surface area contributed by atoms with Crippen LogP contribution < -0.4 is 10.9 Å². The quantitative estimate of drug-likeness (QED) is 0.612. The highest BCUT2D eigenvalue weighted by Gasteiger charge is 2.22. The Kier molecular flexibility index (Phi) is 5.81. The molecule has 2 heterocycles. The molecule has 144 valence electrons. The van der Waals surface area contributed by atoms with Crippen molar-refractivity contribution in [3.05, 3.63) is 81.9 Å². The van der Waals surface area contributed by atoms with Gasteiger partial charge in [-0.3, -0.25) is 14.0 Å². The number of hydrogen-bond acceptors (Lipinski definition) is 6. The van der Waals surface area contributed by atoms with Crippen molar-refractivity contribution in [3.63, 3.8) is 0 Å². The van der Waals surface area contributed by atoms with Gasteiger partial charge in [0.1, 0.15) is 12.3 Å². The van der Waals surface area contributed by atoms with Crippen LogP contribution in [-0.2, 0) is 16.1 Å². The van der Waals surface area contributed by atoms with E-state index in [-0.39, 0.29) is 17.9 Å². The number of carbonyl (C=O) groups excluding carboxylic acids is 2. The fourth-order valence-electron chi connectivity index (χ4n) is 2.59. The molecule has 2 aromatic heterocycles. The molecule has 8 nitrogen and oxygen atoms in total. The predicted octanol–water partition coefficient (Wildman–Crippen LogP) is 0.837. The molecule has 0 fully saturated rings. The molecule has 28 heavy (non-hydrogen) atoms. The maximum atomic E-state index is 12.2. The molecule has 3 aromatic rings. The van der Waals surface area contributed by atoms with Crippen LogP contribution in [0.1, 0.15) is 21.6 Å². The highest BCUT2D eigenvalue weighted by Crippen LogP contribution is 2.05. The molecule has 1 atom stereocenters. The van der Waals surface area contributed by atoms with Crippen molar-refractivity contribution in [2.24, 2.45) is 0 Å². The van der Waals surface area contributed by atoms with Crippen molar-refractivity contribution in [2.75, 3.05) is 6.61 Å². The van der Waals surface area contributed by atoms with Crippen LogP contribution >= 0.6 is 0 Å². The lowest BCUT2D eigenvalue weighted by molar-refractivity contribution is -0.148. The molecule has 2 N–H and O–H groups in total. The summed E-state index contributed by atoms with van der Waals surface area (Å²) in [4.78, 5) is 40.8. The number of nitrogens with zero attached hydrogens (tertiary/aromatic N) is 2. The molecular formula is C20H19N3O5. The maximum Gasteiger partial charge on any atom is 0.331 e. The van der Waals surface area contributed by atoms with Crippen LogP contribution in [0.25, 0.3) is 5.65 Å². The lowest BCUT2D eigenvalue weighted by atomic mass is 10.2. The first-order valence-electron chi connectivity index (χ1n) is 8.60. The molecule has 1 amide bonds.